The van der Waals surface area contributed by atoms with Crippen LogP contribution >= 0.6 is 12.4 Å². The fraction of sp³-hybridized carbons (Fsp3) is 0.417. The largest absolute Gasteiger partial charge is 0.352 e. The molecule has 0 fully saturated rings. The van der Waals surface area contributed by atoms with Crippen LogP contribution in [0.25, 0.3) is 0 Å². The van der Waals surface area contributed by atoms with Gasteiger partial charge in [0, 0.05) is 13.1 Å². The highest BCUT2D eigenvalue weighted by molar-refractivity contribution is 5.85. The van der Waals surface area contributed by atoms with Crippen molar-refractivity contribution in [1.29, 1.82) is 0 Å². The Morgan fingerprint density at radius 2 is 1.88 bits per heavy atom. The summed E-state index contributed by atoms with van der Waals surface area (Å²) in [7, 11) is 0. The van der Waals surface area contributed by atoms with E-state index < -0.39 is 5.41 Å². The Labute approximate surface area is 103 Å². The molecule has 90 valence electrons. The predicted octanol–water partition coefficient (Wildman–Crippen LogP) is 1.71. The Kier molecular flexibility index (Phi) is 6.08. The van der Waals surface area contributed by atoms with Gasteiger partial charge in [0.2, 0.25) is 5.91 Å². The third-order valence-electron chi connectivity index (χ3n) is 2.42. The third-order valence-corrected chi connectivity index (χ3v) is 2.42. The number of hydrogen-bond acceptors (Lipinski definition) is 2. The molecule has 1 aromatic rings. The van der Waals surface area contributed by atoms with E-state index in [4.69, 9.17) is 5.73 Å². The summed E-state index contributed by atoms with van der Waals surface area (Å²) >= 11 is 0. The normalized spacial score (nSPS) is 10.4. The molecule has 1 amide bonds. The summed E-state index contributed by atoms with van der Waals surface area (Å²) in [4.78, 5) is 11.7. The van der Waals surface area contributed by atoms with Crippen molar-refractivity contribution < 1.29 is 4.79 Å². The minimum atomic E-state index is -0.491. The molecule has 0 atom stereocenters. The molecule has 3 N–H and O–H groups in total. The summed E-state index contributed by atoms with van der Waals surface area (Å²) < 4.78 is 0. The molecule has 0 radical (unpaired) electrons. The Hall–Kier alpha value is -1.06. The molecule has 0 saturated carbocycles. The Balaban J connectivity index is 0.00000225. The van der Waals surface area contributed by atoms with Crippen molar-refractivity contribution in [3.8, 4) is 0 Å². The van der Waals surface area contributed by atoms with Gasteiger partial charge in [-0.15, -0.1) is 12.4 Å². The summed E-state index contributed by atoms with van der Waals surface area (Å²) in [5, 5.41) is 2.87. The van der Waals surface area contributed by atoms with Crippen molar-refractivity contribution in [2.45, 2.75) is 20.4 Å². The quantitative estimate of drug-likeness (QED) is 0.845. The molecule has 0 heterocycles. The highest BCUT2D eigenvalue weighted by Gasteiger charge is 2.24. The summed E-state index contributed by atoms with van der Waals surface area (Å²) in [6.45, 7) is 4.59. The molecule has 0 aliphatic heterocycles. The zero-order chi connectivity index (χ0) is 11.3. The molecule has 1 aromatic carbocycles. The van der Waals surface area contributed by atoms with Crippen LogP contribution in [0.2, 0.25) is 0 Å². The lowest BCUT2D eigenvalue weighted by Crippen LogP contribution is -2.41. The zero-order valence-corrected chi connectivity index (χ0v) is 10.5. The number of halogens is 1. The number of carbonyl (C=O) groups is 1. The van der Waals surface area contributed by atoms with Crippen molar-refractivity contribution in [2.75, 3.05) is 6.54 Å². The van der Waals surface area contributed by atoms with Gasteiger partial charge < -0.3 is 11.1 Å². The molecule has 0 aliphatic rings. The molecule has 0 aromatic heterocycles. The van der Waals surface area contributed by atoms with Crippen molar-refractivity contribution >= 4 is 18.3 Å². The lowest BCUT2D eigenvalue weighted by Gasteiger charge is -2.21. The molecule has 0 spiro atoms. The number of nitrogens with one attached hydrogen (secondary N) is 1. The van der Waals surface area contributed by atoms with Crippen LogP contribution in [0, 0.1) is 5.41 Å². The Morgan fingerprint density at radius 1 is 1.31 bits per heavy atom. The summed E-state index contributed by atoms with van der Waals surface area (Å²) in [5.41, 5.74) is 6.12. The van der Waals surface area contributed by atoms with Gasteiger partial charge in [-0.05, 0) is 19.4 Å². The predicted molar refractivity (Wildman–Crippen MR) is 68.4 cm³/mol. The Morgan fingerprint density at radius 3 is 2.38 bits per heavy atom. The van der Waals surface area contributed by atoms with Crippen LogP contribution in [0.4, 0.5) is 0 Å². The van der Waals surface area contributed by atoms with Crippen molar-refractivity contribution in [2.24, 2.45) is 11.1 Å². The van der Waals surface area contributed by atoms with Gasteiger partial charge in [-0.25, -0.2) is 0 Å². The number of carbonyl (C=O) groups excluding carboxylic acids is 1. The lowest BCUT2D eigenvalue weighted by molar-refractivity contribution is -0.129. The van der Waals surface area contributed by atoms with E-state index in [1.165, 1.54) is 0 Å². The van der Waals surface area contributed by atoms with E-state index in [2.05, 4.69) is 5.32 Å². The number of benzene rings is 1. The standard InChI is InChI=1S/C12H18N2O.ClH/c1-12(2,9-13)11(15)14-8-10-6-4-3-5-7-10;/h3-7H,8-9,13H2,1-2H3,(H,14,15);1H. The average Bonchev–Trinajstić information content (AvgIpc) is 2.27. The second-order valence-corrected chi connectivity index (χ2v) is 4.26. The number of amides is 1. The number of hydrogen-bond donors (Lipinski definition) is 2. The highest BCUT2D eigenvalue weighted by Crippen LogP contribution is 2.12. The molecule has 16 heavy (non-hydrogen) atoms. The van der Waals surface area contributed by atoms with Crippen molar-refractivity contribution in [3.05, 3.63) is 35.9 Å². The van der Waals surface area contributed by atoms with E-state index in [1.54, 1.807) is 0 Å². The van der Waals surface area contributed by atoms with Crippen LogP contribution in [-0.4, -0.2) is 12.5 Å². The van der Waals surface area contributed by atoms with Gasteiger partial charge in [0.1, 0.15) is 0 Å². The topological polar surface area (TPSA) is 55.1 Å². The minimum Gasteiger partial charge on any atom is -0.352 e. The SMILES string of the molecule is CC(C)(CN)C(=O)NCc1ccccc1.Cl. The van der Waals surface area contributed by atoms with Gasteiger partial charge in [-0.1, -0.05) is 30.3 Å². The van der Waals surface area contributed by atoms with Gasteiger partial charge in [0.25, 0.3) is 0 Å². The molecular formula is C12H19ClN2O. The molecule has 4 heteroatoms. The molecular weight excluding hydrogens is 224 g/mol. The van der Waals surface area contributed by atoms with Gasteiger partial charge >= 0.3 is 0 Å². The Bertz CT molecular complexity index is 325. The fourth-order valence-corrected chi connectivity index (χ4v) is 1.11. The fourth-order valence-electron chi connectivity index (χ4n) is 1.11. The summed E-state index contributed by atoms with van der Waals surface area (Å²) in [5.74, 6) is -0.00569. The van der Waals surface area contributed by atoms with E-state index in [0.29, 0.717) is 13.1 Å². The molecule has 1 rings (SSSR count). The summed E-state index contributed by atoms with van der Waals surface area (Å²) in [6.07, 6.45) is 0. The lowest BCUT2D eigenvalue weighted by atomic mass is 9.92. The van der Waals surface area contributed by atoms with Crippen LogP contribution in [0.15, 0.2) is 30.3 Å². The van der Waals surface area contributed by atoms with Crippen LogP contribution in [-0.2, 0) is 11.3 Å². The van der Waals surface area contributed by atoms with Crippen LogP contribution in [0.1, 0.15) is 19.4 Å². The first-order valence-electron chi connectivity index (χ1n) is 5.08. The molecule has 0 aliphatic carbocycles. The highest BCUT2D eigenvalue weighted by atomic mass is 35.5. The van der Waals surface area contributed by atoms with Gasteiger partial charge in [0.05, 0.1) is 5.41 Å². The second kappa shape index (κ2) is 6.51. The molecule has 0 saturated heterocycles. The van der Waals surface area contributed by atoms with E-state index in [0.717, 1.165) is 5.56 Å². The van der Waals surface area contributed by atoms with Gasteiger partial charge in [-0.2, -0.15) is 0 Å². The van der Waals surface area contributed by atoms with Gasteiger partial charge in [-0.3, -0.25) is 4.79 Å². The van der Waals surface area contributed by atoms with Crippen LogP contribution < -0.4 is 11.1 Å². The first-order valence-corrected chi connectivity index (χ1v) is 5.08. The minimum absolute atomic E-state index is 0. The maximum absolute atomic E-state index is 11.7. The maximum Gasteiger partial charge on any atom is 0.227 e. The second-order valence-electron chi connectivity index (χ2n) is 4.26. The first kappa shape index (κ1) is 14.9. The number of rotatable bonds is 4. The van der Waals surface area contributed by atoms with E-state index >= 15 is 0 Å². The van der Waals surface area contributed by atoms with E-state index in [-0.39, 0.29) is 18.3 Å². The first-order chi connectivity index (χ1) is 7.06. The van der Waals surface area contributed by atoms with E-state index in [1.807, 2.05) is 44.2 Å². The molecule has 0 bridgehead atoms. The van der Waals surface area contributed by atoms with Crippen LogP contribution in [0.5, 0.6) is 0 Å². The number of nitrogens with two attached hydrogens (primary N) is 1. The maximum atomic E-state index is 11.7. The summed E-state index contributed by atoms with van der Waals surface area (Å²) in [6, 6.07) is 9.83. The molecule has 3 nitrogen and oxygen atoms in total. The smallest absolute Gasteiger partial charge is 0.227 e. The van der Waals surface area contributed by atoms with Gasteiger partial charge in [0.15, 0.2) is 0 Å². The molecule has 0 unspecified atom stereocenters. The monoisotopic (exact) mass is 242 g/mol. The van der Waals surface area contributed by atoms with Crippen LogP contribution in [0.3, 0.4) is 0 Å². The third kappa shape index (κ3) is 4.21. The zero-order valence-electron chi connectivity index (χ0n) is 9.69. The van der Waals surface area contributed by atoms with Crippen molar-refractivity contribution in [3.63, 3.8) is 0 Å². The van der Waals surface area contributed by atoms with E-state index in [9.17, 15) is 4.79 Å². The van der Waals surface area contributed by atoms with Crippen molar-refractivity contribution in [1.82, 2.24) is 5.32 Å². The average molecular weight is 243 g/mol.